The quantitative estimate of drug-likeness (QED) is 0.786. The van der Waals surface area contributed by atoms with E-state index in [2.05, 4.69) is 4.98 Å². The van der Waals surface area contributed by atoms with Gasteiger partial charge in [-0.3, -0.25) is 0 Å². The minimum Gasteiger partial charge on any atom is -0.390 e. The first kappa shape index (κ1) is 10.1. The second-order valence-electron chi connectivity index (χ2n) is 3.53. The Balaban J connectivity index is 2.74. The average Bonchev–Trinajstić information content (AvgIpc) is 2.54. The summed E-state index contributed by atoms with van der Waals surface area (Å²) in [7, 11) is 0. The van der Waals surface area contributed by atoms with E-state index < -0.39 is 12.5 Å². The van der Waals surface area contributed by atoms with Gasteiger partial charge in [-0.2, -0.15) is 8.78 Å². The van der Waals surface area contributed by atoms with E-state index in [1.165, 1.54) is 0 Å². The fourth-order valence-electron chi connectivity index (χ4n) is 1.83. The Hall–Kier alpha value is -1.42. The number of benzene rings is 1. The van der Waals surface area contributed by atoms with Gasteiger partial charge in [0, 0.05) is 16.6 Å². The normalized spacial score (nSPS) is 12.3. The smallest absolute Gasteiger partial charge is 0.298 e. The topological polar surface area (TPSA) is 36.0 Å². The third-order valence-corrected chi connectivity index (χ3v) is 2.46. The molecule has 0 atom stereocenters. The minimum atomic E-state index is -3.19. The van der Waals surface area contributed by atoms with Crippen molar-refractivity contribution in [3.63, 3.8) is 0 Å². The number of alkyl halides is 2. The molecule has 0 aliphatic heterocycles. The molecule has 1 aromatic heterocycles. The van der Waals surface area contributed by atoms with E-state index in [0.29, 0.717) is 16.6 Å². The zero-order chi connectivity index (χ0) is 11.1. The van der Waals surface area contributed by atoms with Crippen molar-refractivity contribution in [2.45, 2.75) is 12.8 Å². The number of aromatic amines is 1. The summed E-state index contributed by atoms with van der Waals surface area (Å²) in [5.74, 6) is -3.19. The van der Waals surface area contributed by atoms with E-state index in [-0.39, 0.29) is 5.56 Å². The van der Waals surface area contributed by atoms with Crippen molar-refractivity contribution in [3.05, 3.63) is 35.5 Å². The Labute approximate surface area is 85.5 Å². The molecule has 2 aromatic rings. The standard InChI is InChI=1S/C11H11F2NO/c1-7-10(11(12,13)6-15)8-4-2-3-5-9(8)14-7/h2-5,14-15H,6H2,1H3. The second-order valence-corrected chi connectivity index (χ2v) is 3.53. The molecular formula is C11H11F2NO. The van der Waals surface area contributed by atoms with Crippen LogP contribution in [0, 0.1) is 6.92 Å². The van der Waals surface area contributed by atoms with Gasteiger partial charge in [-0.05, 0) is 13.0 Å². The fraction of sp³-hybridized carbons (Fsp3) is 0.273. The highest BCUT2D eigenvalue weighted by atomic mass is 19.3. The van der Waals surface area contributed by atoms with Gasteiger partial charge in [-0.25, -0.2) is 0 Å². The van der Waals surface area contributed by atoms with Crippen molar-refractivity contribution >= 4 is 10.9 Å². The first-order valence-electron chi connectivity index (χ1n) is 4.63. The van der Waals surface area contributed by atoms with Crippen LogP contribution in [0.4, 0.5) is 8.78 Å². The number of aliphatic hydroxyl groups excluding tert-OH is 1. The summed E-state index contributed by atoms with van der Waals surface area (Å²) in [6.45, 7) is 0.411. The zero-order valence-electron chi connectivity index (χ0n) is 8.22. The van der Waals surface area contributed by atoms with Crippen molar-refractivity contribution in [1.29, 1.82) is 0 Å². The zero-order valence-corrected chi connectivity index (χ0v) is 8.22. The predicted molar refractivity (Wildman–Crippen MR) is 54.0 cm³/mol. The average molecular weight is 211 g/mol. The summed E-state index contributed by atoms with van der Waals surface area (Å²) < 4.78 is 26.9. The maximum Gasteiger partial charge on any atom is 0.298 e. The molecule has 2 rings (SSSR count). The van der Waals surface area contributed by atoms with Crippen molar-refractivity contribution in [3.8, 4) is 0 Å². The molecule has 0 saturated carbocycles. The third kappa shape index (κ3) is 1.51. The summed E-state index contributed by atoms with van der Waals surface area (Å²) in [6, 6.07) is 6.84. The van der Waals surface area contributed by atoms with E-state index >= 15 is 0 Å². The lowest BCUT2D eigenvalue weighted by molar-refractivity contribution is -0.0548. The van der Waals surface area contributed by atoms with Crippen LogP contribution in [-0.2, 0) is 5.92 Å². The Morgan fingerprint density at radius 3 is 2.67 bits per heavy atom. The summed E-state index contributed by atoms with van der Waals surface area (Å²) in [5, 5.41) is 9.15. The molecular weight excluding hydrogens is 200 g/mol. The van der Waals surface area contributed by atoms with Gasteiger partial charge in [0.25, 0.3) is 5.92 Å². The number of fused-ring (bicyclic) bond motifs is 1. The molecule has 0 amide bonds. The molecule has 0 saturated heterocycles. The molecule has 0 bridgehead atoms. The molecule has 1 heterocycles. The summed E-state index contributed by atoms with van der Waals surface area (Å²) in [6.07, 6.45) is 0. The number of aliphatic hydroxyl groups is 1. The van der Waals surface area contributed by atoms with Crippen LogP contribution in [0.1, 0.15) is 11.3 Å². The molecule has 0 unspecified atom stereocenters. The van der Waals surface area contributed by atoms with E-state index in [9.17, 15) is 8.78 Å². The number of hydrogen-bond donors (Lipinski definition) is 2. The molecule has 0 fully saturated rings. The Kier molecular flexibility index (Phi) is 2.23. The van der Waals surface area contributed by atoms with Crippen LogP contribution in [0.3, 0.4) is 0 Å². The monoisotopic (exact) mass is 211 g/mol. The molecule has 1 aromatic carbocycles. The molecule has 0 radical (unpaired) electrons. The largest absolute Gasteiger partial charge is 0.390 e. The summed E-state index contributed by atoms with van der Waals surface area (Å²) in [5.41, 5.74) is 0.953. The van der Waals surface area contributed by atoms with Crippen LogP contribution in [0.25, 0.3) is 10.9 Å². The van der Waals surface area contributed by atoms with Crippen molar-refractivity contribution in [2.75, 3.05) is 6.61 Å². The van der Waals surface area contributed by atoms with Gasteiger partial charge in [-0.15, -0.1) is 0 Å². The number of para-hydroxylation sites is 1. The van der Waals surface area contributed by atoms with Crippen LogP contribution >= 0.6 is 0 Å². The number of H-pyrrole nitrogens is 1. The molecule has 80 valence electrons. The molecule has 4 heteroatoms. The number of aryl methyl sites for hydroxylation is 1. The lowest BCUT2D eigenvalue weighted by Gasteiger charge is -2.13. The van der Waals surface area contributed by atoms with E-state index in [4.69, 9.17) is 5.11 Å². The second kappa shape index (κ2) is 3.31. The highest BCUT2D eigenvalue weighted by molar-refractivity contribution is 5.85. The summed E-state index contributed by atoms with van der Waals surface area (Å²) >= 11 is 0. The van der Waals surface area contributed by atoms with E-state index in [1.807, 2.05) is 0 Å². The molecule has 0 aliphatic rings. The van der Waals surface area contributed by atoms with E-state index in [1.54, 1.807) is 31.2 Å². The maximum atomic E-state index is 13.4. The SMILES string of the molecule is Cc1[nH]c2ccccc2c1C(F)(F)CO. The van der Waals surface area contributed by atoms with Crippen molar-refractivity contribution in [2.24, 2.45) is 0 Å². The number of hydrogen-bond acceptors (Lipinski definition) is 1. The fourth-order valence-corrected chi connectivity index (χ4v) is 1.83. The molecule has 2 nitrogen and oxygen atoms in total. The maximum absolute atomic E-state index is 13.4. The molecule has 15 heavy (non-hydrogen) atoms. The highest BCUT2D eigenvalue weighted by Crippen LogP contribution is 2.35. The number of nitrogens with one attached hydrogen (secondary N) is 1. The first-order chi connectivity index (χ1) is 7.06. The van der Waals surface area contributed by atoms with Crippen LogP contribution in [0.5, 0.6) is 0 Å². The molecule has 0 spiro atoms. The van der Waals surface area contributed by atoms with Crippen molar-refractivity contribution in [1.82, 2.24) is 4.98 Å². The van der Waals surface area contributed by atoms with Gasteiger partial charge in [0.2, 0.25) is 0 Å². The van der Waals surface area contributed by atoms with Gasteiger partial charge >= 0.3 is 0 Å². The Morgan fingerprint density at radius 1 is 1.33 bits per heavy atom. The van der Waals surface area contributed by atoms with Gasteiger partial charge < -0.3 is 10.1 Å². The Morgan fingerprint density at radius 2 is 2.00 bits per heavy atom. The van der Waals surface area contributed by atoms with Gasteiger partial charge in [-0.1, -0.05) is 18.2 Å². The summed E-state index contributed by atoms with van der Waals surface area (Å²) in [4.78, 5) is 2.88. The van der Waals surface area contributed by atoms with Crippen LogP contribution < -0.4 is 0 Å². The van der Waals surface area contributed by atoms with Crippen molar-refractivity contribution < 1.29 is 13.9 Å². The van der Waals surface area contributed by atoms with Gasteiger partial charge in [0.15, 0.2) is 0 Å². The van der Waals surface area contributed by atoms with Gasteiger partial charge in [0.05, 0.1) is 5.56 Å². The first-order valence-corrected chi connectivity index (χ1v) is 4.63. The predicted octanol–water partition coefficient (Wildman–Crippen LogP) is 2.56. The van der Waals surface area contributed by atoms with E-state index in [0.717, 1.165) is 0 Å². The minimum absolute atomic E-state index is 0.111. The van der Waals surface area contributed by atoms with Crippen LogP contribution in [0.15, 0.2) is 24.3 Å². The lowest BCUT2D eigenvalue weighted by atomic mass is 10.1. The number of aromatic nitrogens is 1. The number of halogens is 2. The van der Waals surface area contributed by atoms with Crippen LogP contribution in [-0.4, -0.2) is 16.7 Å². The van der Waals surface area contributed by atoms with Crippen LogP contribution in [0.2, 0.25) is 0 Å². The highest BCUT2D eigenvalue weighted by Gasteiger charge is 2.35. The van der Waals surface area contributed by atoms with Gasteiger partial charge in [0.1, 0.15) is 6.61 Å². The number of rotatable bonds is 2. The molecule has 0 aliphatic carbocycles. The Bertz CT molecular complexity index is 490. The lowest BCUT2D eigenvalue weighted by Crippen LogP contribution is -2.19. The molecule has 2 N–H and O–H groups in total. The third-order valence-electron chi connectivity index (χ3n) is 2.46.